The summed E-state index contributed by atoms with van der Waals surface area (Å²) in [7, 11) is 0. The fourth-order valence-electron chi connectivity index (χ4n) is 2.73. The summed E-state index contributed by atoms with van der Waals surface area (Å²) >= 11 is 0. The van der Waals surface area contributed by atoms with E-state index in [9.17, 15) is 4.79 Å². The molecule has 5 nitrogen and oxygen atoms in total. The molecule has 5 heteroatoms. The van der Waals surface area contributed by atoms with Gasteiger partial charge < -0.3 is 5.32 Å². The van der Waals surface area contributed by atoms with Gasteiger partial charge in [-0.1, -0.05) is 0 Å². The molecule has 1 heterocycles. The maximum Gasteiger partial charge on any atom is 0.251 e. The number of amides is 1. The smallest absolute Gasteiger partial charge is 0.251 e. The Bertz CT molecular complexity index is 746. The zero-order chi connectivity index (χ0) is 15.5. The van der Waals surface area contributed by atoms with E-state index < -0.39 is 0 Å². The van der Waals surface area contributed by atoms with Gasteiger partial charge in [-0.05, 0) is 50.5 Å². The molecular formula is C17H16N4O. The topological polar surface area (TPSA) is 78.7 Å². The molecule has 1 aromatic heterocycles. The highest BCUT2D eigenvalue weighted by molar-refractivity contribution is 5.94. The van der Waals surface area contributed by atoms with Crippen LogP contribution in [0.1, 0.15) is 51.9 Å². The molecule has 0 radical (unpaired) electrons. The van der Waals surface area contributed by atoms with E-state index in [1.54, 1.807) is 24.3 Å². The number of benzene rings is 1. The van der Waals surface area contributed by atoms with Gasteiger partial charge in [0.05, 0.1) is 17.7 Å². The molecule has 3 rings (SSSR count). The highest BCUT2D eigenvalue weighted by Gasteiger charge is 2.23. The van der Waals surface area contributed by atoms with Crippen LogP contribution in [0, 0.1) is 18.3 Å². The first-order chi connectivity index (χ1) is 10.7. The van der Waals surface area contributed by atoms with E-state index in [0.717, 1.165) is 36.3 Å². The maximum atomic E-state index is 12.4. The predicted molar refractivity (Wildman–Crippen MR) is 81.1 cm³/mol. The summed E-state index contributed by atoms with van der Waals surface area (Å²) in [6, 6.07) is 8.63. The van der Waals surface area contributed by atoms with E-state index in [4.69, 9.17) is 5.26 Å². The van der Waals surface area contributed by atoms with Gasteiger partial charge in [-0.15, -0.1) is 0 Å². The molecule has 0 fully saturated rings. The van der Waals surface area contributed by atoms with Crippen LogP contribution in [0.4, 0.5) is 0 Å². The molecule has 0 saturated heterocycles. The molecule has 1 atom stereocenters. The summed E-state index contributed by atoms with van der Waals surface area (Å²) in [5, 5.41) is 11.8. The molecule has 1 N–H and O–H groups in total. The standard InChI is InChI=1S/C17H16N4O/c1-11-19-10-14-15(20-11)3-2-4-16(14)21-17(22)13-7-5-12(9-18)6-8-13/h5-8,10,16H,2-4H2,1H3,(H,21,22)/t16-/m0/s1. The molecule has 1 amide bonds. The first-order valence-electron chi connectivity index (χ1n) is 7.31. The van der Waals surface area contributed by atoms with E-state index in [1.165, 1.54) is 0 Å². The van der Waals surface area contributed by atoms with Crippen LogP contribution in [0.25, 0.3) is 0 Å². The van der Waals surface area contributed by atoms with Crippen molar-refractivity contribution in [3.8, 4) is 6.07 Å². The predicted octanol–water partition coefficient (Wildman–Crippen LogP) is 2.46. The van der Waals surface area contributed by atoms with Crippen molar-refractivity contribution >= 4 is 5.91 Å². The fraction of sp³-hybridized carbons (Fsp3) is 0.294. The van der Waals surface area contributed by atoms with Crippen molar-refractivity contribution in [2.45, 2.75) is 32.2 Å². The SMILES string of the molecule is Cc1ncc2c(n1)CCC[C@@H]2NC(=O)c1ccc(C#N)cc1. The maximum absolute atomic E-state index is 12.4. The average molecular weight is 292 g/mol. The van der Waals surface area contributed by atoms with Crippen molar-refractivity contribution in [2.75, 3.05) is 0 Å². The Balaban J connectivity index is 1.79. The van der Waals surface area contributed by atoms with Gasteiger partial charge in [-0.3, -0.25) is 4.79 Å². The number of nitriles is 1. The van der Waals surface area contributed by atoms with Gasteiger partial charge in [0.25, 0.3) is 5.91 Å². The Morgan fingerprint density at radius 3 is 2.86 bits per heavy atom. The lowest BCUT2D eigenvalue weighted by atomic mass is 9.92. The van der Waals surface area contributed by atoms with Crippen LogP contribution in [0.15, 0.2) is 30.5 Å². The average Bonchev–Trinajstić information content (AvgIpc) is 2.55. The van der Waals surface area contributed by atoms with Gasteiger partial charge in [0.2, 0.25) is 0 Å². The molecular weight excluding hydrogens is 276 g/mol. The summed E-state index contributed by atoms with van der Waals surface area (Å²) in [4.78, 5) is 21.1. The lowest BCUT2D eigenvalue weighted by Gasteiger charge is -2.25. The Morgan fingerprint density at radius 2 is 2.14 bits per heavy atom. The van der Waals surface area contributed by atoms with Crippen LogP contribution >= 0.6 is 0 Å². The third-order valence-corrected chi connectivity index (χ3v) is 3.88. The van der Waals surface area contributed by atoms with Gasteiger partial charge in [0.15, 0.2) is 0 Å². The number of carbonyl (C=O) groups is 1. The minimum absolute atomic E-state index is 0.0486. The molecule has 1 aliphatic rings. The lowest BCUT2D eigenvalue weighted by Crippen LogP contribution is -2.31. The highest BCUT2D eigenvalue weighted by atomic mass is 16.1. The summed E-state index contributed by atoms with van der Waals surface area (Å²) in [6.07, 6.45) is 4.64. The van der Waals surface area contributed by atoms with Gasteiger partial charge in [-0.2, -0.15) is 5.26 Å². The summed E-state index contributed by atoms with van der Waals surface area (Å²) in [6.45, 7) is 1.87. The van der Waals surface area contributed by atoms with Crippen LogP contribution in [0.5, 0.6) is 0 Å². The normalized spacial score (nSPS) is 16.5. The summed E-state index contributed by atoms with van der Waals surface area (Å²) in [5.74, 6) is 0.626. The molecule has 1 aliphatic carbocycles. The first-order valence-corrected chi connectivity index (χ1v) is 7.31. The van der Waals surface area contributed by atoms with Crippen molar-refractivity contribution in [3.63, 3.8) is 0 Å². The minimum Gasteiger partial charge on any atom is -0.345 e. The molecule has 2 aromatic rings. The van der Waals surface area contributed by atoms with Gasteiger partial charge >= 0.3 is 0 Å². The number of aryl methyl sites for hydroxylation is 2. The molecule has 22 heavy (non-hydrogen) atoms. The van der Waals surface area contributed by atoms with Gasteiger partial charge in [-0.25, -0.2) is 9.97 Å². The van der Waals surface area contributed by atoms with Crippen LogP contribution in [0.2, 0.25) is 0 Å². The summed E-state index contributed by atoms with van der Waals surface area (Å²) in [5.41, 5.74) is 3.14. The molecule has 0 spiro atoms. The number of nitrogens with one attached hydrogen (secondary N) is 1. The van der Waals surface area contributed by atoms with Crippen molar-refractivity contribution in [1.29, 1.82) is 5.26 Å². The fourth-order valence-corrected chi connectivity index (χ4v) is 2.73. The molecule has 0 saturated carbocycles. The Kier molecular flexibility index (Phi) is 3.84. The van der Waals surface area contributed by atoms with E-state index in [1.807, 2.05) is 19.2 Å². The van der Waals surface area contributed by atoms with E-state index in [0.29, 0.717) is 11.1 Å². The van der Waals surface area contributed by atoms with Crippen molar-refractivity contribution in [3.05, 3.63) is 58.7 Å². The van der Waals surface area contributed by atoms with Gasteiger partial charge in [0, 0.05) is 23.0 Å². The Morgan fingerprint density at radius 1 is 1.36 bits per heavy atom. The molecule has 110 valence electrons. The number of aromatic nitrogens is 2. The Labute approximate surface area is 129 Å². The highest BCUT2D eigenvalue weighted by Crippen LogP contribution is 2.28. The summed E-state index contributed by atoms with van der Waals surface area (Å²) < 4.78 is 0. The zero-order valence-electron chi connectivity index (χ0n) is 12.3. The number of carbonyl (C=O) groups excluding carboxylic acids is 1. The zero-order valence-corrected chi connectivity index (χ0v) is 12.3. The van der Waals surface area contributed by atoms with E-state index in [-0.39, 0.29) is 11.9 Å². The number of hydrogen-bond acceptors (Lipinski definition) is 4. The molecule has 0 unspecified atom stereocenters. The monoisotopic (exact) mass is 292 g/mol. The van der Waals surface area contributed by atoms with Crippen LogP contribution in [0.3, 0.4) is 0 Å². The van der Waals surface area contributed by atoms with Crippen LogP contribution in [-0.2, 0) is 6.42 Å². The first kappa shape index (κ1) is 14.2. The van der Waals surface area contributed by atoms with Crippen LogP contribution < -0.4 is 5.32 Å². The number of rotatable bonds is 2. The van der Waals surface area contributed by atoms with Crippen molar-refractivity contribution in [2.24, 2.45) is 0 Å². The molecule has 0 aliphatic heterocycles. The van der Waals surface area contributed by atoms with Crippen molar-refractivity contribution in [1.82, 2.24) is 15.3 Å². The second-order valence-electron chi connectivity index (χ2n) is 5.43. The third-order valence-electron chi connectivity index (χ3n) is 3.88. The minimum atomic E-state index is -0.136. The van der Waals surface area contributed by atoms with Gasteiger partial charge in [0.1, 0.15) is 5.82 Å². The van der Waals surface area contributed by atoms with Crippen molar-refractivity contribution < 1.29 is 4.79 Å². The van der Waals surface area contributed by atoms with E-state index >= 15 is 0 Å². The largest absolute Gasteiger partial charge is 0.345 e. The number of fused-ring (bicyclic) bond motifs is 1. The second kappa shape index (κ2) is 5.94. The number of hydrogen-bond donors (Lipinski definition) is 1. The second-order valence-corrected chi connectivity index (χ2v) is 5.43. The van der Waals surface area contributed by atoms with E-state index in [2.05, 4.69) is 15.3 Å². The lowest BCUT2D eigenvalue weighted by molar-refractivity contribution is 0.0932. The third kappa shape index (κ3) is 2.82. The molecule has 0 bridgehead atoms. The number of nitrogens with zero attached hydrogens (tertiary/aromatic N) is 3. The molecule has 1 aromatic carbocycles. The quantitative estimate of drug-likeness (QED) is 0.922. The van der Waals surface area contributed by atoms with Crippen LogP contribution in [-0.4, -0.2) is 15.9 Å². The Hall–Kier alpha value is -2.74.